The van der Waals surface area contributed by atoms with Gasteiger partial charge in [-0.15, -0.1) is 0 Å². The number of halogens is 2. The molecule has 0 spiro atoms. The van der Waals surface area contributed by atoms with Gasteiger partial charge in [0.2, 0.25) is 0 Å². The van der Waals surface area contributed by atoms with Crippen molar-refractivity contribution in [2.24, 2.45) is 0 Å². The standard InChI is InChI=1S/C21H12F2N2O4/c22-13-7-5-12(6-8-13)18-10-9-14(29-18)11-15-19(26)24-21(28)25(20(15)27)17-4-2-1-3-16(17)23/h1-11H,(H,24,26,28). The normalized spacial score (nSPS) is 15.7. The molecule has 1 aliphatic heterocycles. The number of barbiturate groups is 1. The van der Waals surface area contributed by atoms with Gasteiger partial charge in [0.1, 0.15) is 28.7 Å². The number of para-hydroxylation sites is 1. The van der Waals surface area contributed by atoms with Crippen LogP contribution in [0.15, 0.2) is 70.7 Å². The fraction of sp³-hybridized carbons (Fsp3) is 0. The topological polar surface area (TPSA) is 79.6 Å². The van der Waals surface area contributed by atoms with Gasteiger partial charge in [-0.3, -0.25) is 14.9 Å². The van der Waals surface area contributed by atoms with E-state index in [1.807, 2.05) is 5.32 Å². The minimum Gasteiger partial charge on any atom is -0.457 e. The van der Waals surface area contributed by atoms with Crippen LogP contribution in [0.1, 0.15) is 5.76 Å². The van der Waals surface area contributed by atoms with Gasteiger partial charge in [0.05, 0.1) is 5.69 Å². The number of carbonyl (C=O) groups excluding carboxylic acids is 3. The van der Waals surface area contributed by atoms with Gasteiger partial charge >= 0.3 is 6.03 Å². The molecule has 1 aromatic heterocycles. The highest BCUT2D eigenvalue weighted by Crippen LogP contribution is 2.27. The van der Waals surface area contributed by atoms with Gasteiger partial charge in [-0.2, -0.15) is 0 Å². The lowest BCUT2D eigenvalue weighted by atomic mass is 10.1. The molecule has 2 heterocycles. The average Bonchev–Trinajstić information content (AvgIpc) is 3.16. The first-order chi connectivity index (χ1) is 13.9. The van der Waals surface area contributed by atoms with Gasteiger partial charge in [0.25, 0.3) is 11.8 Å². The van der Waals surface area contributed by atoms with E-state index in [-0.39, 0.29) is 11.4 Å². The lowest BCUT2D eigenvalue weighted by Crippen LogP contribution is -2.54. The first-order valence-electron chi connectivity index (χ1n) is 8.46. The van der Waals surface area contributed by atoms with Crippen molar-refractivity contribution in [3.8, 4) is 11.3 Å². The summed E-state index contributed by atoms with van der Waals surface area (Å²) in [6.45, 7) is 0. The van der Waals surface area contributed by atoms with E-state index >= 15 is 0 Å². The number of furan rings is 1. The van der Waals surface area contributed by atoms with Crippen LogP contribution < -0.4 is 10.2 Å². The molecule has 29 heavy (non-hydrogen) atoms. The zero-order valence-corrected chi connectivity index (χ0v) is 14.7. The predicted molar refractivity (Wildman–Crippen MR) is 99.5 cm³/mol. The number of rotatable bonds is 3. The summed E-state index contributed by atoms with van der Waals surface area (Å²) >= 11 is 0. The smallest absolute Gasteiger partial charge is 0.336 e. The number of benzene rings is 2. The molecule has 144 valence electrons. The summed E-state index contributed by atoms with van der Waals surface area (Å²) < 4.78 is 32.7. The second-order valence-electron chi connectivity index (χ2n) is 6.12. The maximum Gasteiger partial charge on any atom is 0.336 e. The molecule has 1 N–H and O–H groups in total. The molecule has 0 radical (unpaired) electrons. The van der Waals surface area contributed by atoms with Crippen molar-refractivity contribution in [3.05, 3.63) is 83.6 Å². The van der Waals surface area contributed by atoms with E-state index in [1.54, 1.807) is 6.07 Å². The van der Waals surface area contributed by atoms with Crippen molar-refractivity contribution >= 4 is 29.6 Å². The summed E-state index contributed by atoms with van der Waals surface area (Å²) in [5.74, 6) is -2.55. The van der Waals surface area contributed by atoms with Crippen molar-refractivity contribution in [2.75, 3.05) is 4.90 Å². The fourth-order valence-corrected chi connectivity index (χ4v) is 2.85. The van der Waals surface area contributed by atoms with Crippen molar-refractivity contribution in [2.45, 2.75) is 0 Å². The Morgan fingerprint density at radius 3 is 2.34 bits per heavy atom. The molecule has 0 aliphatic carbocycles. The van der Waals surface area contributed by atoms with Gasteiger partial charge in [0, 0.05) is 5.56 Å². The molecule has 2 aromatic carbocycles. The number of urea groups is 1. The van der Waals surface area contributed by atoms with Gasteiger partial charge < -0.3 is 4.42 Å². The quantitative estimate of drug-likeness (QED) is 0.540. The summed E-state index contributed by atoms with van der Waals surface area (Å²) in [6, 6.07) is 12.8. The van der Waals surface area contributed by atoms with Gasteiger partial charge in [-0.25, -0.2) is 18.5 Å². The molecule has 3 aromatic rings. The SMILES string of the molecule is O=C1NC(=O)N(c2ccccc2F)C(=O)C1=Cc1ccc(-c2ccc(F)cc2)o1. The molecule has 0 atom stereocenters. The molecule has 1 saturated heterocycles. The van der Waals surface area contributed by atoms with E-state index in [9.17, 15) is 23.2 Å². The average molecular weight is 394 g/mol. The van der Waals surface area contributed by atoms with Crippen LogP contribution in [0, 0.1) is 11.6 Å². The Balaban J connectivity index is 1.68. The van der Waals surface area contributed by atoms with Crippen molar-refractivity contribution < 1.29 is 27.6 Å². The zero-order valence-electron chi connectivity index (χ0n) is 14.7. The van der Waals surface area contributed by atoms with Crippen LogP contribution in [-0.2, 0) is 9.59 Å². The van der Waals surface area contributed by atoms with Crippen LogP contribution in [0.3, 0.4) is 0 Å². The van der Waals surface area contributed by atoms with E-state index < -0.39 is 35.1 Å². The summed E-state index contributed by atoms with van der Waals surface area (Å²) in [6.07, 6.45) is 1.16. The summed E-state index contributed by atoms with van der Waals surface area (Å²) in [5, 5.41) is 2.01. The Hall–Kier alpha value is -4.07. The number of hydrogen-bond donors (Lipinski definition) is 1. The third-order valence-electron chi connectivity index (χ3n) is 4.24. The highest BCUT2D eigenvalue weighted by molar-refractivity contribution is 6.39. The third kappa shape index (κ3) is 3.43. The van der Waals surface area contributed by atoms with Crippen LogP contribution in [0.2, 0.25) is 0 Å². The van der Waals surface area contributed by atoms with Gasteiger partial charge in [0.15, 0.2) is 0 Å². The Kier molecular flexibility index (Phi) is 4.52. The second kappa shape index (κ2) is 7.16. The lowest BCUT2D eigenvalue weighted by Gasteiger charge is -2.26. The Morgan fingerprint density at radius 2 is 1.62 bits per heavy atom. The molecular formula is C21H12F2N2O4. The first kappa shape index (κ1) is 18.3. The third-order valence-corrected chi connectivity index (χ3v) is 4.24. The maximum atomic E-state index is 14.1. The Labute approximate surface area is 163 Å². The molecule has 1 fully saturated rings. The number of anilines is 1. The van der Waals surface area contributed by atoms with Crippen LogP contribution in [0.5, 0.6) is 0 Å². The minimum absolute atomic E-state index is 0.158. The van der Waals surface area contributed by atoms with Crippen LogP contribution >= 0.6 is 0 Å². The highest BCUT2D eigenvalue weighted by atomic mass is 19.1. The second-order valence-corrected chi connectivity index (χ2v) is 6.12. The van der Waals surface area contributed by atoms with E-state index in [0.717, 1.165) is 12.1 Å². The number of amides is 4. The first-order valence-corrected chi connectivity index (χ1v) is 8.46. The minimum atomic E-state index is -1.05. The highest BCUT2D eigenvalue weighted by Gasteiger charge is 2.38. The van der Waals surface area contributed by atoms with Crippen LogP contribution in [0.25, 0.3) is 17.4 Å². The molecule has 0 bridgehead atoms. The Morgan fingerprint density at radius 1 is 0.897 bits per heavy atom. The molecule has 4 amide bonds. The van der Waals surface area contributed by atoms with E-state index in [0.29, 0.717) is 16.2 Å². The number of nitrogens with one attached hydrogen (secondary N) is 1. The number of nitrogens with zero attached hydrogens (tertiary/aromatic N) is 1. The number of hydrogen-bond acceptors (Lipinski definition) is 4. The van der Waals surface area contributed by atoms with E-state index in [4.69, 9.17) is 4.42 Å². The summed E-state index contributed by atoms with van der Waals surface area (Å²) in [7, 11) is 0. The molecule has 0 saturated carbocycles. The van der Waals surface area contributed by atoms with Gasteiger partial charge in [-0.05, 0) is 54.6 Å². The van der Waals surface area contributed by atoms with Crippen molar-refractivity contribution in [3.63, 3.8) is 0 Å². The van der Waals surface area contributed by atoms with Crippen molar-refractivity contribution in [1.82, 2.24) is 5.32 Å². The van der Waals surface area contributed by atoms with Crippen molar-refractivity contribution in [1.29, 1.82) is 0 Å². The fourth-order valence-electron chi connectivity index (χ4n) is 2.85. The molecule has 8 heteroatoms. The number of carbonyl (C=O) groups is 3. The monoisotopic (exact) mass is 394 g/mol. The van der Waals surface area contributed by atoms with E-state index in [1.165, 1.54) is 48.5 Å². The lowest BCUT2D eigenvalue weighted by molar-refractivity contribution is -0.122. The molecule has 6 nitrogen and oxygen atoms in total. The molecule has 0 unspecified atom stereocenters. The maximum absolute atomic E-state index is 14.1. The van der Waals surface area contributed by atoms with Crippen LogP contribution in [0.4, 0.5) is 19.3 Å². The van der Waals surface area contributed by atoms with E-state index in [2.05, 4.69) is 0 Å². The predicted octanol–water partition coefficient (Wildman–Crippen LogP) is 3.89. The zero-order chi connectivity index (χ0) is 20.5. The summed E-state index contributed by atoms with van der Waals surface area (Å²) in [5.41, 5.74) is -0.0775. The molecule has 4 rings (SSSR count). The number of imide groups is 2. The Bertz CT molecular complexity index is 1170. The molecule has 1 aliphatic rings. The van der Waals surface area contributed by atoms with Crippen LogP contribution in [-0.4, -0.2) is 17.8 Å². The van der Waals surface area contributed by atoms with Gasteiger partial charge in [-0.1, -0.05) is 12.1 Å². The summed E-state index contributed by atoms with van der Waals surface area (Å²) in [4.78, 5) is 37.6. The molecular weight excluding hydrogens is 382 g/mol. The largest absolute Gasteiger partial charge is 0.457 e.